The third kappa shape index (κ3) is 4.03. The summed E-state index contributed by atoms with van der Waals surface area (Å²) in [6.45, 7) is 4.49. The second-order valence-electron chi connectivity index (χ2n) is 5.90. The maximum absolute atomic E-state index is 12.1. The van der Waals surface area contributed by atoms with Crippen LogP contribution in [0.15, 0.2) is 40.3 Å². The van der Waals surface area contributed by atoms with Gasteiger partial charge in [0.2, 0.25) is 0 Å². The van der Waals surface area contributed by atoms with Gasteiger partial charge >= 0.3 is 6.03 Å². The van der Waals surface area contributed by atoms with Crippen LogP contribution in [0.1, 0.15) is 25.8 Å². The number of carbonyl (C=O) groups is 2. The van der Waals surface area contributed by atoms with Crippen molar-refractivity contribution in [1.29, 1.82) is 0 Å². The molecule has 0 unspecified atom stereocenters. The Kier molecular flexibility index (Phi) is 5.43. The fourth-order valence-electron chi connectivity index (χ4n) is 2.68. The zero-order valence-corrected chi connectivity index (χ0v) is 14.9. The van der Waals surface area contributed by atoms with Gasteiger partial charge in [-0.15, -0.1) is 0 Å². The fraction of sp³-hybridized carbons (Fsp3) is 0.412. The Balaban J connectivity index is 1.87. The molecule has 130 valence electrons. The van der Waals surface area contributed by atoms with Crippen LogP contribution >= 0.6 is 0 Å². The molecule has 24 heavy (non-hydrogen) atoms. The molecule has 0 saturated carbocycles. The number of urea groups is 1. The molecule has 3 amide bonds. The average Bonchev–Trinajstić information content (AvgIpc) is 2.81. The third-order valence-corrected chi connectivity index (χ3v) is 5.18. The van der Waals surface area contributed by atoms with E-state index in [0.29, 0.717) is 31.5 Å². The van der Waals surface area contributed by atoms with Crippen molar-refractivity contribution in [3.05, 3.63) is 41.0 Å². The lowest BCUT2D eigenvalue weighted by atomic mass is 10.1. The van der Waals surface area contributed by atoms with E-state index in [1.165, 1.54) is 4.90 Å². The fourth-order valence-corrected chi connectivity index (χ4v) is 3.31. The number of benzene rings is 1. The Morgan fingerprint density at radius 3 is 2.38 bits per heavy atom. The number of rotatable bonds is 5. The van der Waals surface area contributed by atoms with Crippen LogP contribution in [0.5, 0.6) is 0 Å². The smallest absolute Gasteiger partial charge is 0.324 e. The third-order valence-electron chi connectivity index (χ3n) is 4.05. The van der Waals surface area contributed by atoms with Gasteiger partial charge in [0.1, 0.15) is 0 Å². The van der Waals surface area contributed by atoms with Crippen LogP contribution in [0, 0.1) is 0 Å². The highest BCUT2D eigenvalue weighted by molar-refractivity contribution is 7.90. The van der Waals surface area contributed by atoms with E-state index in [1.807, 2.05) is 13.8 Å². The molecule has 0 radical (unpaired) electrons. The second-order valence-corrected chi connectivity index (χ2v) is 7.92. The Hall–Kier alpha value is -2.15. The summed E-state index contributed by atoms with van der Waals surface area (Å²) in [5, 5.41) is 2.73. The lowest BCUT2D eigenvalue weighted by molar-refractivity contribution is -0.123. The van der Waals surface area contributed by atoms with Crippen LogP contribution in [0.2, 0.25) is 0 Å². The first-order chi connectivity index (χ1) is 11.2. The van der Waals surface area contributed by atoms with Crippen LogP contribution in [-0.4, -0.2) is 44.6 Å². The minimum atomic E-state index is -3.20. The summed E-state index contributed by atoms with van der Waals surface area (Å²) in [7, 11) is -3.20. The van der Waals surface area contributed by atoms with E-state index in [1.54, 1.807) is 24.3 Å². The predicted molar refractivity (Wildman–Crippen MR) is 91.4 cm³/mol. The maximum Gasteiger partial charge on any atom is 0.324 e. The van der Waals surface area contributed by atoms with Crippen molar-refractivity contribution in [3.63, 3.8) is 0 Å². The van der Waals surface area contributed by atoms with Crippen molar-refractivity contribution in [3.8, 4) is 0 Å². The molecule has 0 spiro atoms. The summed E-state index contributed by atoms with van der Waals surface area (Å²) in [4.78, 5) is 25.7. The van der Waals surface area contributed by atoms with Gasteiger partial charge in [0.15, 0.2) is 9.84 Å². The van der Waals surface area contributed by atoms with Gasteiger partial charge in [-0.25, -0.2) is 13.2 Å². The highest BCUT2D eigenvalue weighted by Gasteiger charge is 2.31. The van der Waals surface area contributed by atoms with Crippen LogP contribution in [0.4, 0.5) is 4.79 Å². The van der Waals surface area contributed by atoms with Gasteiger partial charge in [-0.3, -0.25) is 9.69 Å². The standard InChI is InChI=1S/C17H22N2O4S/c1-4-15-12(2)11-19(16(15)20)17(21)18-10-9-13-5-7-14(8-6-13)24(3,22)23/h5-8H,4,9-11H2,1-3H3,(H,18,21). The zero-order valence-electron chi connectivity index (χ0n) is 14.1. The number of nitrogens with one attached hydrogen (secondary N) is 1. The van der Waals surface area contributed by atoms with Crippen molar-refractivity contribution < 1.29 is 18.0 Å². The van der Waals surface area contributed by atoms with Crippen molar-refractivity contribution in [2.45, 2.75) is 31.6 Å². The largest absolute Gasteiger partial charge is 0.337 e. The van der Waals surface area contributed by atoms with Gasteiger partial charge in [0, 0.05) is 18.4 Å². The van der Waals surface area contributed by atoms with Crippen molar-refractivity contribution in [2.24, 2.45) is 0 Å². The first-order valence-electron chi connectivity index (χ1n) is 7.81. The summed E-state index contributed by atoms with van der Waals surface area (Å²) in [5.74, 6) is -0.218. The summed E-state index contributed by atoms with van der Waals surface area (Å²) in [6.07, 6.45) is 2.35. The first-order valence-corrected chi connectivity index (χ1v) is 9.70. The van der Waals surface area contributed by atoms with E-state index in [2.05, 4.69) is 5.32 Å². The highest BCUT2D eigenvalue weighted by atomic mass is 32.2. The monoisotopic (exact) mass is 350 g/mol. The molecular formula is C17H22N2O4S. The molecule has 1 heterocycles. The van der Waals surface area contributed by atoms with E-state index in [0.717, 1.165) is 17.4 Å². The number of imide groups is 1. The van der Waals surface area contributed by atoms with Gasteiger partial charge in [0.05, 0.1) is 11.4 Å². The van der Waals surface area contributed by atoms with Crippen LogP contribution in [-0.2, 0) is 21.1 Å². The molecule has 0 aliphatic carbocycles. The van der Waals surface area contributed by atoms with Gasteiger partial charge in [-0.05, 0) is 43.0 Å². The molecule has 1 aliphatic heterocycles. The molecule has 7 heteroatoms. The average molecular weight is 350 g/mol. The quantitative estimate of drug-likeness (QED) is 0.879. The van der Waals surface area contributed by atoms with Gasteiger partial charge in [-0.1, -0.05) is 19.1 Å². The Labute approximate surface area is 142 Å². The molecule has 2 rings (SSSR count). The summed E-state index contributed by atoms with van der Waals surface area (Å²) < 4.78 is 22.8. The summed E-state index contributed by atoms with van der Waals surface area (Å²) in [6, 6.07) is 6.17. The van der Waals surface area contributed by atoms with E-state index >= 15 is 0 Å². The number of carbonyl (C=O) groups excluding carboxylic acids is 2. The molecule has 1 aromatic carbocycles. The topological polar surface area (TPSA) is 83.6 Å². The Morgan fingerprint density at radius 1 is 1.25 bits per heavy atom. The molecule has 0 bridgehead atoms. The van der Waals surface area contributed by atoms with E-state index in [9.17, 15) is 18.0 Å². The van der Waals surface area contributed by atoms with Gasteiger partial charge < -0.3 is 5.32 Å². The minimum Gasteiger partial charge on any atom is -0.337 e. The molecular weight excluding hydrogens is 328 g/mol. The normalized spacial score (nSPS) is 15.1. The van der Waals surface area contributed by atoms with Crippen molar-refractivity contribution >= 4 is 21.8 Å². The minimum absolute atomic E-state index is 0.218. The number of hydrogen-bond acceptors (Lipinski definition) is 4. The van der Waals surface area contributed by atoms with Crippen LogP contribution < -0.4 is 5.32 Å². The van der Waals surface area contributed by atoms with Crippen molar-refractivity contribution in [1.82, 2.24) is 10.2 Å². The maximum atomic E-state index is 12.1. The predicted octanol–water partition coefficient (Wildman–Crippen LogP) is 1.91. The highest BCUT2D eigenvalue weighted by Crippen LogP contribution is 2.21. The summed E-state index contributed by atoms with van der Waals surface area (Å²) in [5.41, 5.74) is 2.56. The lowest BCUT2D eigenvalue weighted by Gasteiger charge is -2.16. The van der Waals surface area contributed by atoms with E-state index in [-0.39, 0.29) is 10.8 Å². The molecule has 0 fully saturated rings. The van der Waals surface area contributed by atoms with Gasteiger partial charge in [-0.2, -0.15) is 0 Å². The van der Waals surface area contributed by atoms with Crippen molar-refractivity contribution in [2.75, 3.05) is 19.3 Å². The number of hydrogen-bond donors (Lipinski definition) is 1. The zero-order chi connectivity index (χ0) is 17.9. The molecule has 1 aliphatic rings. The number of amides is 3. The first kappa shape index (κ1) is 18.2. The Morgan fingerprint density at radius 2 is 1.88 bits per heavy atom. The Bertz CT molecular complexity index is 779. The molecule has 1 aromatic rings. The van der Waals surface area contributed by atoms with Gasteiger partial charge in [0.25, 0.3) is 5.91 Å². The van der Waals surface area contributed by atoms with E-state index < -0.39 is 15.9 Å². The van der Waals surface area contributed by atoms with Crippen LogP contribution in [0.25, 0.3) is 0 Å². The lowest BCUT2D eigenvalue weighted by Crippen LogP contribution is -2.42. The molecule has 0 atom stereocenters. The number of sulfone groups is 1. The van der Waals surface area contributed by atoms with E-state index in [4.69, 9.17) is 0 Å². The SMILES string of the molecule is CCC1=C(C)CN(C(=O)NCCc2ccc(S(C)(=O)=O)cc2)C1=O. The molecule has 0 saturated heterocycles. The second kappa shape index (κ2) is 7.17. The summed E-state index contributed by atoms with van der Waals surface area (Å²) >= 11 is 0. The molecule has 6 nitrogen and oxygen atoms in total. The molecule has 0 aromatic heterocycles. The number of nitrogens with zero attached hydrogens (tertiary/aromatic N) is 1. The van der Waals surface area contributed by atoms with Crippen LogP contribution in [0.3, 0.4) is 0 Å². The molecule has 1 N–H and O–H groups in total.